The highest BCUT2D eigenvalue weighted by molar-refractivity contribution is 5.80. The number of nitrogens with zero attached hydrogens (tertiary/aromatic N) is 1. The molecule has 0 radical (unpaired) electrons. The van der Waals surface area contributed by atoms with Gasteiger partial charge in [0.15, 0.2) is 0 Å². The van der Waals surface area contributed by atoms with E-state index in [4.69, 9.17) is 0 Å². The smallest absolute Gasteiger partial charge is 0.269 e. The molecule has 0 aliphatic carbocycles. The third kappa shape index (κ3) is 6.08. The van der Waals surface area contributed by atoms with Crippen LogP contribution in [0.4, 0.5) is 11.4 Å². The van der Waals surface area contributed by atoms with Gasteiger partial charge in [-0.3, -0.25) is 14.9 Å². The summed E-state index contributed by atoms with van der Waals surface area (Å²) in [6.07, 6.45) is 1.85. The van der Waals surface area contributed by atoms with Gasteiger partial charge in [0.05, 0.1) is 4.92 Å². The van der Waals surface area contributed by atoms with E-state index in [9.17, 15) is 19.7 Å². The third-order valence-corrected chi connectivity index (χ3v) is 2.80. The molecule has 108 valence electrons. The number of hydrogen-bond acceptors (Lipinski definition) is 5. The number of nitrogens with one attached hydrogen (secondary N) is 1. The summed E-state index contributed by atoms with van der Waals surface area (Å²) in [7, 11) is 0. The van der Waals surface area contributed by atoms with Crippen molar-refractivity contribution in [3.63, 3.8) is 0 Å². The van der Waals surface area contributed by atoms with E-state index in [2.05, 4.69) is 5.32 Å². The Bertz CT molecular complexity index is 482. The van der Waals surface area contributed by atoms with Crippen LogP contribution in [0.2, 0.25) is 0 Å². The van der Waals surface area contributed by atoms with E-state index >= 15 is 0 Å². The molecule has 1 rings (SSSR count). The second-order valence-electron chi connectivity index (χ2n) is 4.58. The SMILES string of the molecule is CC(=O)CCCC(=O)CCNc1ccc([N+](=O)[O-])cc1. The Kier molecular flexibility index (Phi) is 6.36. The van der Waals surface area contributed by atoms with Crippen LogP contribution in [0.5, 0.6) is 0 Å². The number of hydrogen-bond donors (Lipinski definition) is 1. The maximum atomic E-state index is 11.5. The number of anilines is 1. The fourth-order valence-electron chi connectivity index (χ4n) is 1.71. The molecule has 1 aromatic carbocycles. The minimum absolute atomic E-state index is 0.0378. The van der Waals surface area contributed by atoms with Gasteiger partial charge in [-0.05, 0) is 25.5 Å². The van der Waals surface area contributed by atoms with Crippen molar-refractivity contribution in [2.24, 2.45) is 0 Å². The van der Waals surface area contributed by atoms with Gasteiger partial charge in [0.1, 0.15) is 11.6 Å². The predicted octanol–water partition coefficient (Wildman–Crippen LogP) is 2.73. The van der Waals surface area contributed by atoms with Crippen LogP contribution in [0.15, 0.2) is 24.3 Å². The molecule has 0 amide bonds. The number of carbonyl (C=O) groups is 2. The lowest BCUT2D eigenvalue weighted by molar-refractivity contribution is -0.384. The lowest BCUT2D eigenvalue weighted by Crippen LogP contribution is -2.08. The molecule has 1 N–H and O–H groups in total. The van der Waals surface area contributed by atoms with E-state index < -0.39 is 4.92 Å². The number of benzene rings is 1. The van der Waals surface area contributed by atoms with Crippen molar-refractivity contribution in [2.75, 3.05) is 11.9 Å². The summed E-state index contributed by atoms with van der Waals surface area (Å²) in [5.41, 5.74) is 0.781. The number of nitro benzene ring substituents is 1. The number of nitro groups is 1. The molecule has 6 nitrogen and oxygen atoms in total. The van der Waals surface area contributed by atoms with Crippen LogP contribution in [0.25, 0.3) is 0 Å². The van der Waals surface area contributed by atoms with Crippen molar-refractivity contribution in [3.8, 4) is 0 Å². The van der Waals surface area contributed by atoms with E-state index in [-0.39, 0.29) is 17.3 Å². The van der Waals surface area contributed by atoms with E-state index in [1.54, 1.807) is 12.1 Å². The van der Waals surface area contributed by atoms with E-state index in [1.165, 1.54) is 19.1 Å². The normalized spacial score (nSPS) is 10.1. The van der Waals surface area contributed by atoms with Gasteiger partial charge in [0, 0.05) is 43.6 Å². The van der Waals surface area contributed by atoms with Crippen LogP contribution in [0.1, 0.15) is 32.6 Å². The largest absolute Gasteiger partial charge is 0.385 e. The molecule has 1 aromatic rings. The van der Waals surface area contributed by atoms with Gasteiger partial charge >= 0.3 is 0 Å². The first-order chi connectivity index (χ1) is 9.49. The first-order valence-corrected chi connectivity index (χ1v) is 6.48. The van der Waals surface area contributed by atoms with Gasteiger partial charge in [-0.2, -0.15) is 0 Å². The standard InChI is InChI=1S/C14H18N2O4/c1-11(17)3-2-4-14(18)9-10-15-12-5-7-13(8-6-12)16(19)20/h5-8,15H,2-4,9-10H2,1H3. The average molecular weight is 278 g/mol. The van der Waals surface area contributed by atoms with Crippen molar-refractivity contribution in [3.05, 3.63) is 34.4 Å². The van der Waals surface area contributed by atoms with Crippen LogP contribution < -0.4 is 5.32 Å². The number of Topliss-reactive ketones (excluding diaryl/α,β-unsaturated/α-hetero) is 2. The summed E-state index contributed by atoms with van der Waals surface area (Å²) < 4.78 is 0. The number of carbonyl (C=O) groups excluding carboxylic acids is 2. The van der Waals surface area contributed by atoms with Gasteiger partial charge in [-0.1, -0.05) is 0 Å². The average Bonchev–Trinajstić information content (AvgIpc) is 2.39. The quantitative estimate of drug-likeness (QED) is 0.554. The molecule has 0 aromatic heterocycles. The highest BCUT2D eigenvalue weighted by Crippen LogP contribution is 2.15. The summed E-state index contributed by atoms with van der Waals surface area (Å²) in [4.78, 5) is 32.3. The monoisotopic (exact) mass is 278 g/mol. The molecule has 0 spiro atoms. The highest BCUT2D eigenvalue weighted by Gasteiger charge is 2.05. The molecular weight excluding hydrogens is 260 g/mol. The van der Waals surface area contributed by atoms with Crippen molar-refractivity contribution in [1.29, 1.82) is 0 Å². The molecule has 0 aliphatic rings. The Labute approximate surface area is 117 Å². The molecule has 20 heavy (non-hydrogen) atoms. The topological polar surface area (TPSA) is 89.3 Å². The van der Waals surface area contributed by atoms with Crippen LogP contribution >= 0.6 is 0 Å². The Morgan fingerprint density at radius 3 is 2.35 bits per heavy atom. The van der Waals surface area contributed by atoms with E-state index in [0.29, 0.717) is 32.2 Å². The lowest BCUT2D eigenvalue weighted by atomic mass is 10.1. The second kappa shape index (κ2) is 8.04. The molecule has 0 unspecified atom stereocenters. The minimum Gasteiger partial charge on any atom is -0.385 e. The zero-order chi connectivity index (χ0) is 15.0. The number of non-ortho nitro benzene ring substituents is 1. The number of rotatable bonds is 9. The molecule has 0 bridgehead atoms. The molecule has 0 fully saturated rings. The molecule has 0 aliphatic heterocycles. The molecule has 0 saturated carbocycles. The Morgan fingerprint density at radius 1 is 1.15 bits per heavy atom. The molecule has 0 saturated heterocycles. The van der Waals surface area contributed by atoms with Crippen molar-refractivity contribution in [2.45, 2.75) is 32.6 Å². The zero-order valence-corrected chi connectivity index (χ0v) is 11.4. The van der Waals surface area contributed by atoms with Crippen LogP contribution in [0, 0.1) is 10.1 Å². The molecule has 6 heteroatoms. The molecule has 0 atom stereocenters. The summed E-state index contributed by atoms with van der Waals surface area (Å²) in [6, 6.07) is 6.05. The Balaban J connectivity index is 2.24. The van der Waals surface area contributed by atoms with Crippen LogP contribution in [0.3, 0.4) is 0 Å². The Hall–Kier alpha value is -2.24. The van der Waals surface area contributed by atoms with Crippen molar-refractivity contribution < 1.29 is 14.5 Å². The Morgan fingerprint density at radius 2 is 1.80 bits per heavy atom. The van der Waals surface area contributed by atoms with Crippen LogP contribution in [-0.4, -0.2) is 23.0 Å². The highest BCUT2D eigenvalue weighted by atomic mass is 16.6. The fourth-order valence-corrected chi connectivity index (χ4v) is 1.71. The molecular formula is C14H18N2O4. The van der Waals surface area contributed by atoms with Gasteiger partial charge in [0.25, 0.3) is 5.69 Å². The lowest BCUT2D eigenvalue weighted by Gasteiger charge is -2.05. The molecule has 0 heterocycles. The first-order valence-electron chi connectivity index (χ1n) is 6.48. The van der Waals surface area contributed by atoms with E-state index in [0.717, 1.165) is 5.69 Å². The second-order valence-corrected chi connectivity index (χ2v) is 4.58. The van der Waals surface area contributed by atoms with Gasteiger partial charge in [-0.15, -0.1) is 0 Å². The fraction of sp³-hybridized carbons (Fsp3) is 0.429. The van der Waals surface area contributed by atoms with Gasteiger partial charge < -0.3 is 10.1 Å². The van der Waals surface area contributed by atoms with Crippen LogP contribution in [-0.2, 0) is 9.59 Å². The predicted molar refractivity (Wildman–Crippen MR) is 75.7 cm³/mol. The van der Waals surface area contributed by atoms with E-state index in [1.807, 2.05) is 0 Å². The minimum atomic E-state index is -0.456. The van der Waals surface area contributed by atoms with Crippen molar-refractivity contribution in [1.82, 2.24) is 0 Å². The summed E-state index contributed by atoms with van der Waals surface area (Å²) in [5, 5.41) is 13.5. The summed E-state index contributed by atoms with van der Waals surface area (Å²) >= 11 is 0. The summed E-state index contributed by atoms with van der Waals surface area (Å²) in [5.74, 6) is 0.211. The zero-order valence-electron chi connectivity index (χ0n) is 11.4. The first kappa shape index (κ1) is 15.8. The number of ketones is 2. The van der Waals surface area contributed by atoms with Crippen molar-refractivity contribution >= 4 is 22.9 Å². The maximum Gasteiger partial charge on any atom is 0.269 e. The maximum absolute atomic E-state index is 11.5. The van der Waals surface area contributed by atoms with Gasteiger partial charge in [0.2, 0.25) is 0 Å². The summed E-state index contributed by atoms with van der Waals surface area (Å²) in [6.45, 7) is 2.00. The third-order valence-electron chi connectivity index (χ3n) is 2.80. The van der Waals surface area contributed by atoms with Gasteiger partial charge in [-0.25, -0.2) is 0 Å².